The standard InChI is InChI=1S/C9H9NO4/c1-6-3-4-8(10(12)13)9(5-6)14-7(2)11/h3-5H,1-2H3. The van der Waals surface area contributed by atoms with Crippen molar-refractivity contribution in [1.29, 1.82) is 0 Å². The largest absolute Gasteiger partial charge is 0.419 e. The quantitative estimate of drug-likeness (QED) is 0.312. The van der Waals surface area contributed by atoms with E-state index in [1.165, 1.54) is 19.1 Å². The fourth-order valence-corrected chi connectivity index (χ4v) is 1.01. The molecule has 0 bridgehead atoms. The third kappa shape index (κ3) is 2.29. The maximum atomic E-state index is 10.7. The minimum Gasteiger partial charge on any atom is -0.419 e. The average molecular weight is 195 g/mol. The maximum absolute atomic E-state index is 10.7. The molecular formula is C9H9NO4. The van der Waals surface area contributed by atoms with Crippen LogP contribution >= 0.6 is 0 Å². The van der Waals surface area contributed by atoms with Crippen molar-refractivity contribution in [2.45, 2.75) is 13.8 Å². The Labute approximate surface area is 80.5 Å². The monoisotopic (exact) mass is 195 g/mol. The minimum absolute atomic E-state index is 0.0116. The smallest absolute Gasteiger partial charge is 0.311 e. The van der Waals surface area contributed by atoms with Gasteiger partial charge in [0.25, 0.3) is 0 Å². The van der Waals surface area contributed by atoms with Crippen LogP contribution in [0.3, 0.4) is 0 Å². The van der Waals surface area contributed by atoms with Crippen LogP contribution in [0.2, 0.25) is 0 Å². The second-order valence-corrected chi connectivity index (χ2v) is 2.82. The van der Waals surface area contributed by atoms with E-state index in [4.69, 9.17) is 4.74 Å². The van der Waals surface area contributed by atoms with Gasteiger partial charge in [0, 0.05) is 13.0 Å². The van der Waals surface area contributed by atoms with E-state index in [0.717, 1.165) is 5.56 Å². The van der Waals surface area contributed by atoms with Gasteiger partial charge in [-0.1, -0.05) is 6.07 Å². The van der Waals surface area contributed by atoms with Crippen molar-refractivity contribution in [2.24, 2.45) is 0 Å². The summed E-state index contributed by atoms with van der Waals surface area (Å²) in [6.45, 7) is 2.96. The Bertz CT molecular complexity index is 386. The Kier molecular flexibility index (Phi) is 2.81. The molecule has 0 atom stereocenters. The predicted octanol–water partition coefficient (Wildman–Crippen LogP) is 1.83. The van der Waals surface area contributed by atoms with Crippen LogP contribution in [0.4, 0.5) is 5.69 Å². The van der Waals surface area contributed by atoms with Gasteiger partial charge in [0.15, 0.2) is 0 Å². The molecule has 0 heterocycles. The molecule has 0 spiro atoms. The maximum Gasteiger partial charge on any atom is 0.311 e. The molecule has 0 saturated heterocycles. The molecule has 0 radical (unpaired) electrons. The van der Waals surface area contributed by atoms with Crippen LogP contribution in [0.25, 0.3) is 0 Å². The van der Waals surface area contributed by atoms with Crippen molar-refractivity contribution in [1.82, 2.24) is 0 Å². The average Bonchev–Trinajstić information content (AvgIpc) is 2.01. The number of hydrogen-bond acceptors (Lipinski definition) is 4. The lowest BCUT2D eigenvalue weighted by atomic mass is 10.2. The summed E-state index contributed by atoms with van der Waals surface area (Å²) in [6.07, 6.45) is 0. The molecule has 0 aliphatic rings. The molecule has 0 aromatic heterocycles. The summed E-state index contributed by atoms with van der Waals surface area (Å²) in [6, 6.07) is 4.36. The molecule has 74 valence electrons. The van der Waals surface area contributed by atoms with E-state index < -0.39 is 10.9 Å². The number of aryl methyl sites for hydroxylation is 1. The van der Waals surface area contributed by atoms with Crippen LogP contribution in [0.15, 0.2) is 18.2 Å². The molecule has 5 nitrogen and oxygen atoms in total. The number of nitro groups is 1. The molecule has 0 amide bonds. The summed E-state index contributed by atoms with van der Waals surface area (Å²) in [4.78, 5) is 20.6. The molecule has 0 unspecified atom stereocenters. The molecule has 14 heavy (non-hydrogen) atoms. The van der Waals surface area contributed by atoms with Crippen molar-refractivity contribution < 1.29 is 14.5 Å². The molecule has 0 aliphatic heterocycles. The van der Waals surface area contributed by atoms with E-state index in [1.54, 1.807) is 13.0 Å². The van der Waals surface area contributed by atoms with Crippen LogP contribution in [-0.4, -0.2) is 10.9 Å². The number of nitro benzene ring substituents is 1. The molecule has 1 aromatic rings. The fourth-order valence-electron chi connectivity index (χ4n) is 1.01. The predicted molar refractivity (Wildman–Crippen MR) is 49.1 cm³/mol. The van der Waals surface area contributed by atoms with Gasteiger partial charge >= 0.3 is 11.7 Å². The van der Waals surface area contributed by atoms with Gasteiger partial charge in [-0.15, -0.1) is 0 Å². The molecule has 1 aromatic carbocycles. The summed E-state index contributed by atoms with van der Waals surface area (Å²) >= 11 is 0. The Morgan fingerprint density at radius 3 is 2.64 bits per heavy atom. The highest BCUT2D eigenvalue weighted by Crippen LogP contribution is 2.27. The topological polar surface area (TPSA) is 69.4 Å². The molecule has 1 rings (SSSR count). The van der Waals surface area contributed by atoms with Gasteiger partial charge in [-0.25, -0.2) is 0 Å². The van der Waals surface area contributed by atoms with Gasteiger partial charge in [0.1, 0.15) is 0 Å². The first kappa shape index (κ1) is 10.2. The van der Waals surface area contributed by atoms with Gasteiger partial charge in [-0.3, -0.25) is 14.9 Å². The van der Waals surface area contributed by atoms with Crippen molar-refractivity contribution >= 4 is 11.7 Å². The number of benzene rings is 1. The summed E-state index contributed by atoms with van der Waals surface area (Å²) in [7, 11) is 0. The van der Waals surface area contributed by atoms with Crippen LogP contribution in [0.1, 0.15) is 12.5 Å². The number of rotatable bonds is 2. The van der Waals surface area contributed by atoms with E-state index in [2.05, 4.69) is 0 Å². The van der Waals surface area contributed by atoms with Crippen LogP contribution in [-0.2, 0) is 4.79 Å². The van der Waals surface area contributed by atoms with Gasteiger partial charge in [-0.2, -0.15) is 0 Å². The molecule has 0 saturated carbocycles. The van der Waals surface area contributed by atoms with Crippen LogP contribution < -0.4 is 4.74 Å². The Hall–Kier alpha value is -1.91. The SMILES string of the molecule is CC(=O)Oc1cc(C)ccc1[N+](=O)[O-]. The summed E-state index contributed by atoms with van der Waals surface area (Å²) in [5.74, 6) is -0.582. The molecule has 5 heteroatoms. The third-order valence-corrected chi connectivity index (χ3v) is 1.57. The fraction of sp³-hybridized carbons (Fsp3) is 0.222. The zero-order valence-electron chi connectivity index (χ0n) is 7.81. The second-order valence-electron chi connectivity index (χ2n) is 2.82. The Balaban J connectivity index is 3.15. The van der Waals surface area contributed by atoms with Crippen molar-refractivity contribution in [3.05, 3.63) is 33.9 Å². The van der Waals surface area contributed by atoms with Gasteiger partial charge in [0.2, 0.25) is 5.75 Å². The van der Waals surface area contributed by atoms with Gasteiger partial charge in [0.05, 0.1) is 4.92 Å². The zero-order valence-corrected chi connectivity index (χ0v) is 7.81. The first-order chi connectivity index (χ1) is 6.50. The second kappa shape index (κ2) is 3.87. The van der Waals surface area contributed by atoms with Gasteiger partial charge in [-0.05, 0) is 18.6 Å². The van der Waals surface area contributed by atoms with Crippen molar-refractivity contribution in [2.75, 3.05) is 0 Å². The van der Waals surface area contributed by atoms with Crippen molar-refractivity contribution in [3.8, 4) is 5.75 Å². The molecular weight excluding hydrogens is 186 g/mol. The normalized spacial score (nSPS) is 9.57. The number of carbonyl (C=O) groups is 1. The lowest BCUT2D eigenvalue weighted by Crippen LogP contribution is -2.04. The summed E-state index contributed by atoms with van der Waals surface area (Å²) < 4.78 is 4.71. The van der Waals surface area contributed by atoms with Crippen LogP contribution in [0.5, 0.6) is 5.75 Å². The number of nitrogens with zero attached hydrogens (tertiary/aromatic N) is 1. The Morgan fingerprint density at radius 2 is 2.14 bits per heavy atom. The highest BCUT2D eigenvalue weighted by molar-refractivity contribution is 5.71. The minimum atomic E-state index is -0.586. The third-order valence-electron chi connectivity index (χ3n) is 1.57. The van der Waals surface area contributed by atoms with E-state index in [9.17, 15) is 14.9 Å². The lowest BCUT2D eigenvalue weighted by Gasteiger charge is -2.02. The van der Waals surface area contributed by atoms with E-state index in [-0.39, 0.29) is 11.4 Å². The van der Waals surface area contributed by atoms with Crippen LogP contribution in [0, 0.1) is 17.0 Å². The number of carbonyl (C=O) groups excluding carboxylic acids is 1. The van der Waals surface area contributed by atoms with E-state index in [1.807, 2.05) is 0 Å². The lowest BCUT2D eigenvalue weighted by molar-refractivity contribution is -0.385. The Morgan fingerprint density at radius 1 is 1.50 bits per heavy atom. The number of ether oxygens (including phenoxy) is 1. The highest BCUT2D eigenvalue weighted by Gasteiger charge is 2.15. The number of esters is 1. The molecule has 0 fully saturated rings. The number of hydrogen-bond donors (Lipinski definition) is 0. The van der Waals surface area contributed by atoms with Gasteiger partial charge < -0.3 is 4.74 Å². The van der Waals surface area contributed by atoms with E-state index in [0.29, 0.717) is 0 Å². The summed E-state index contributed by atoms with van der Waals surface area (Å²) in [5.41, 5.74) is 0.595. The zero-order chi connectivity index (χ0) is 10.7. The molecule has 0 aliphatic carbocycles. The highest BCUT2D eigenvalue weighted by atomic mass is 16.6. The first-order valence-corrected chi connectivity index (χ1v) is 3.94. The first-order valence-electron chi connectivity index (χ1n) is 3.94. The summed E-state index contributed by atoms with van der Waals surface area (Å²) in [5, 5.41) is 10.5. The molecule has 0 N–H and O–H groups in total. The van der Waals surface area contributed by atoms with Crippen molar-refractivity contribution in [3.63, 3.8) is 0 Å². The van der Waals surface area contributed by atoms with E-state index >= 15 is 0 Å².